The van der Waals surface area contributed by atoms with Crippen molar-refractivity contribution >= 4 is 33.9 Å². The van der Waals surface area contributed by atoms with Gasteiger partial charge in [-0.1, -0.05) is 13.8 Å². The number of hydrogen-bond donors (Lipinski definition) is 4. The van der Waals surface area contributed by atoms with Gasteiger partial charge in [-0.05, 0) is 0 Å². The molecule has 0 atom stereocenters. The highest BCUT2D eigenvalue weighted by Gasteiger charge is 2.22. The van der Waals surface area contributed by atoms with Crippen molar-refractivity contribution in [2.75, 3.05) is 0 Å². The Bertz CT molecular complexity index is 761. The van der Waals surface area contributed by atoms with Crippen molar-refractivity contribution in [3.05, 3.63) is 12.1 Å². The summed E-state index contributed by atoms with van der Waals surface area (Å²) in [6, 6.07) is 2.08. The van der Waals surface area contributed by atoms with Crippen molar-refractivity contribution in [2.45, 2.75) is 26.7 Å². The maximum Gasteiger partial charge on any atom is 0.311 e. The summed E-state index contributed by atoms with van der Waals surface area (Å²) >= 11 is 0. The number of ether oxygens (including phenoxy) is 2. The molecular formula is C14H16N2O8S2. The Kier molecular flexibility index (Phi) is 6.21. The van der Waals surface area contributed by atoms with Crippen LogP contribution in [-0.2, 0) is 9.59 Å². The fourth-order valence-electron chi connectivity index (χ4n) is 1.65. The molecule has 0 unspecified atom stereocenters. The van der Waals surface area contributed by atoms with Crippen molar-refractivity contribution in [1.29, 1.82) is 0 Å². The number of aromatic hydroxyl groups is 4. The van der Waals surface area contributed by atoms with Crippen LogP contribution in [0.3, 0.4) is 0 Å². The van der Waals surface area contributed by atoms with Gasteiger partial charge in [-0.25, -0.2) is 7.94 Å². The lowest BCUT2D eigenvalue weighted by Crippen LogP contribution is -2.05. The highest BCUT2D eigenvalue weighted by atomic mass is 33.1. The summed E-state index contributed by atoms with van der Waals surface area (Å²) in [4.78, 5) is 22.6. The van der Waals surface area contributed by atoms with E-state index in [1.807, 2.05) is 0 Å². The fourth-order valence-corrected chi connectivity index (χ4v) is 3.65. The lowest BCUT2D eigenvalue weighted by molar-refractivity contribution is -0.135. The second-order valence-electron chi connectivity index (χ2n) is 4.77. The Balaban J connectivity index is 2.17. The van der Waals surface area contributed by atoms with Crippen LogP contribution >= 0.6 is 22.0 Å². The number of rotatable bonds is 7. The third kappa shape index (κ3) is 4.14. The van der Waals surface area contributed by atoms with E-state index in [1.54, 1.807) is 13.8 Å². The number of aromatic nitrogens is 2. The molecule has 2 aromatic heterocycles. The summed E-state index contributed by atoms with van der Waals surface area (Å²) in [5.41, 5.74) is 0. The van der Waals surface area contributed by atoms with Gasteiger partial charge in [-0.15, -0.1) is 0 Å². The quantitative estimate of drug-likeness (QED) is 0.401. The van der Waals surface area contributed by atoms with Crippen molar-refractivity contribution in [1.82, 2.24) is 7.94 Å². The van der Waals surface area contributed by atoms with E-state index in [1.165, 1.54) is 0 Å². The van der Waals surface area contributed by atoms with E-state index in [9.17, 15) is 30.0 Å². The fraction of sp³-hybridized carbons (Fsp3) is 0.286. The van der Waals surface area contributed by atoms with Crippen LogP contribution in [0.15, 0.2) is 12.1 Å². The van der Waals surface area contributed by atoms with Gasteiger partial charge in [0, 0.05) is 25.0 Å². The molecule has 2 aromatic rings. The van der Waals surface area contributed by atoms with Crippen LogP contribution in [0.4, 0.5) is 0 Å². The Hall–Kier alpha value is -2.60. The van der Waals surface area contributed by atoms with Crippen molar-refractivity contribution in [2.24, 2.45) is 0 Å². The molecule has 10 nitrogen and oxygen atoms in total. The molecule has 0 aliphatic heterocycles. The van der Waals surface area contributed by atoms with E-state index in [0.29, 0.717) is 22.0 Å². The molecule has 2 rings (SSSR count). The van der Waals surface area contributed by atoms with Crippen LogP contribution in [0, 0.1) is 0 Å². The Morgan fingerprint density at radius 3 is 1.50 bits per heavy atom. The summed E-state index contributed by atoms with van der Waals surface area (Å²) < 4.78 is 11.5. The van der Waals surface area contributed by atoms with Gasteiger partial charge in [-0.3, -0.25) is 9.59 Å². The number of esters is 2. The highest BCUT2D eigenvalue weighted by Crippen LogP contribution is 2.46. The van der Waals surface area contributed by atoms with Crippen LogP contribution in [0.5, 0.6) is 35.0 Å². The van der Waals surface area contributed by atoms with E-state index in [0.717, 1.165) is 20.1 Å². The minimum absolute atomic E-state index is 0.0810. The maximum absolute atomic E-state index is 11.3. The van der Waals surface area contributed by atoms with Crippen LogP contribution in [-0.4, -0.2) is 40.3 Å². The average Bonchev–Trinajstić information content (AvgIpc) is 3.02. The van der Waals surface area contributed by atoms with Crippen LogP contribution in [0.1, 0.15) is 26.7 Å². The smallest absolute Gasteiger partial charge is 0.311 e. The van der Waals surface area contributed by atoms with E-state index >= 15 is 0 Å². The molecule has 142 valence electrons. The number of hydrogen-bond acceptors (Lipinski definition) is 10. The molecule has 12 heteroatoms. The lowest BCUT2D eigenvalue weighted by atomic mass is 10.5. The largest absolute Gasteiger partial charge is 0.494 e. The van der Waals surface area contributed by atoms with Gasteiger partial charge in [0.2, 0.25) is 23.5 Å². The third-order valence-corrected chi connectivity index (χ3v) is 5.15. The maximum atomic E-state index is 11.3. The molecule has 0 saturated carbocycles. The zero-order valence-electron chi connectivity index (χ0n) is 13.7. The molecule has 2 heterocycles. The topological polar surface area (TPSA) is 143 Å². The van der Waals surface area contributed by atoms with E-state index in [4.69, 9.17) is 9.47 Å². The van der Waals surface area contributed by atoms with Gasteiger partial charge >= 0.3 is 11.9 Å². The van der Waals surface area contributed by atoms with E-state index < -0.39 is 35.5 Å². The van der Waals surface area contributed by atoms with Crippen molar-refractivity contribution in [3.8, 4) is 35.0 Å². The zero-order chi connectivity index (χ0) is 19.4. The van der Waals surface area contributed by atoms with Gasteiger partial charge in [0.15, 0.2) is 11.5 Å². The van der Waals surface area contributed by atoms with Crippen molar-refractivity contribution < 1.29 is 39.5 Å². The first-order chi connectivity index (χ1) is 12.3. The highest BCUT2D eigenvalue weighted by molar-refractivity contribution is 8.75. The third-order valence-electron chi connectivity index (χ3n) is 2.97. The number of carbonyl (C=O) groups is 2. The molecular weight excluding hydrogens is 388 g/mol. The molecule has 4 N–H and O–H groups in total. The Labute approximate surface area is 155 Å². The van der Waals surface area contributed by atoms with E-state index in [-0.39, 0.29) is 24.3 Å². The molecule has 0 aromatic carbocycles. The molecule has 0 saturated heterocycles. The van der Waals surface area contributed by atoms with Gasteiger partial charge in [0.25, 0.3) is 0 Å². The number of nitrogens with zero attached hydrogens (tertiary/aromatic N) is 2. The molecule has 0 aliphatic carbocycles. The van der Waals surface area contributed by atoms with Gasteiger partial charge < -0.3 is 29.9 Å². The molecule has 0 aliphatic rings. The average molecular weight is 404 g/mol. The van der Waals surface area contributed by atoms with Gasteiger partial charge in [0.05, 0.1) is 22.0 Å². The van der Waals surface area contributed by atoms with Crippen LogP contribution in [0.25, 0.3) is 0 Å². The predicted molar refractivity (Wildman–Crippen MR) is 93.4 cm³/mol. The summed E-state index contributed by atoms with van der Waals surface area (Å²) in [5.74, 6) is -3.60. The molecule has 0 fully saturated rings. The molecule has 0 radical (unpaired) electrons. The second-order valence-corrected chi connectivity index (χ2v) is 6.70. The first kappa shape index (κ1) is 19.7. The van der Waals surface area contributed by atoms with E-state index in [2.05, 4.69) is 0 Å². The normalized spacial score (nSPS) is 10.7. The summed E-state index contributed by atoms with van der Waals surface area (Å²) in [6.07, 6.45) is 0.162. The lowest BCUT2D eigenvalue weighted by Gasteiger charge is -2.07. The summed E-state index contributed by atoms with van der Waals surface area (Å²) in [5, 5.41) is 39.7. The minimum atomic E-state index is -0.599. The second kappa shape index (κ2) is 8.19. The first-order valence-corrected chi connectivity index (χ1v) is 9.39. The first-order valence-electron chi connectivity index (χ1n) is 7.32. The zero-order valence-corrected chi connectivity index (χ0v) is 15.3. The molecule has 0 spiro atoms. The SMILES string of the molecule is CCC(=O)Oc1cc(O)n(SSn2c(O)cc(OC(=O)CC)c2O)c1O. The Morgan fingerprint density at radius 2 is 1.19 bits per heavy atom. The van der Waals surface area contributed by atoms with Crippen LogP contribution < -0.4 is 9.47 Å². The molecule has 0 amide bonds. The molecule has 0 bridgehead atoms. The predicted octanol–water partition coefficient (Wildman–Crippen LogP) is 2.35. The standard InChI is InChI=1S/C14H16N2O8S2/c1-3-11(19)23-7-5-9(17)15(13(7)21)25-26-16-10(18)6-8(14(16)22)24-12(20)4-2/h5-6,17-18,21-22H,3-4H2,1-2H3. The monoisotopic (exact) mass is 404 g/mol. The number of carbonyl (C=O) groups excluding carboxylic acids is 2. The minimum Gasteiger partial charge on any atom is -0.494 e. The summed E-state index contributed by atoms with van der Waals surface area (Å²) in [6.45, 7) is 3.14. The van der Waals surface area contributed by atoms with Gasteiger partial charge in [-0.2, -0.15) is 0 Å². The van der Waals surface area contributed by atoms with Crippen molar-refractivity contribution in [3.63, 3.8) is 0 Å². The summed E-state index contributed by atoms with van der Waals surface area (Å²) in [7, 11) is 1.39. The molecule has 26 heavy (non-hydrogen) atoms. The Morgan fingerprint density at radius 1 is 0.846 bits per heavy atom. The van der Waals surface area contributed by atoms with Crippen LogP contribution in [0.2, 0.25) is 0 Å². The van der Waals surface area contributed by atoms with Gasteiger partial charge in [0.1, 0.15) is 0 Å².